The maximum Gasteiger partial charge on any atom is 0.259 e. The molecule has 3 aromatic rings. The van der Waals surface area contributed by atoms with E-state index >= 15 is 0 Å². The van der Waals surface area contributed by atoms with Crippen molar-refractivity contribution >= 4 is 49.8 Å². The third-order valence-corrected chi connectivity index (χ3v) is 4.62. The molecular weight excluding hydrogens is 356 g/mol. The number of nitrogens with one attached hydrogen (secondary N) is 2. The van der Waals surface area contributed by atoms with Crippen molar-refractivity contribution in [3.8, 4) is 0 Å². The van der Waals surface area contributed by atoms with Gasteiger partial charge >= 0.3 is 0 Å². The standard InChI is InChI=1S/C18H11BrN2O2/c19-13-7-3-1-6-11(13)15-16(18(23)21-17(15)22)12-9-20-14-8-4-2-5-10(12)14/h1-9,20H,(H,21,22,23). The van der Waals surface area contributed by atoms with E-state index in [1.165, 1.54) is 0 Å². The number of carbonyl (C=O) groups is 2. The minimum atomic E-state index is -0.373. The number of aromatic amines is 1. The highest BCUT2D eigenvalue weighted by atomic mass is 79.9. The fourth-order valence-corrected chi connectivity index (χ4v) is 3.39. The molecule has 0 saturated carbocycles. The molecule has 4 rings (SSSR count). The summed E-state index contributed by atoms with van der Waals surface area (Å²) in [6.07, 6.45) is 1.77. The molecule has 0 saturated heterocycles. The lowest BCUT2D eigenvalue weighted by Crippen LogP contribution is -2.22. The smallest absolute Gasteiger partial charge is 0.259 e. The Balaban J connectivity index is 2.05. The first-order valence-electron chi connectivity index (χ1n) is 7.08. The van der Waals surface area contributed by atoms with Crippen molar-refractivity contribution in [1.29, 1.82) is 0 Å². The van der Waals surface area contributed by atoms with Crippen molar-refractivity contribution in [3.05, 3.63) is 70.3 Å². The quantitative estimate of drug-likeness (QED) is 0.681. The molecule has 0 spiro atoms. The van der Waals surface area contributed by atoms with E-state index in [0.717, 1.165) is 20.9 Å². The lowest BCUT2D eigenvalue weighted by atomic mass is 9.96. The molecule has 1 aliphatic rings. The van der Waals surface area contributed by atoms with Gasteiger partial charge in [0, 0.05) is 32.7 Å². The Hall–Kier alpha value is -2.66. The summed E-state index contributed by atoms with van der Waals surface area (Å²) >= 11 is 3.46. The molecular formula is C18H11BrN2O2. The van der Waals surface area contributed by atoms with Gasteiger partial charge in [0.2, 0.25) is 0 Å². The molecule has 0 aliphatic carbocycles. The predicted octanol–water partition coefficient (Wildman–Crippen LogP) is 3.50. The van der Waals surface area contributed by atoms with Crippen LogP contribution in [0.1, 0.15) is 11.1 Å². The minimum absolute atomic E-state index is 0.370. The van der Waals surface area contributed by atoms with Crippen LogP contribution in [0.4, 0.5) is 0 Å². The number of hydrogen-bond acceptors (Lipinski definition) is 2. The summed E-state index contributed by atoms with van der Waals surface area (Å²) in [5.41, 5.74) is 3.16. The van der Waals surface area contributed by atoms with Crippen LogP contribution >= 0.6 is 15.9 Å². The zero-order valence-corrected chi connectivity index (χ0v) is 13.5. The maximum atomic E-state index is 12.4. The summed E-state index contributed by atoms with van der Waals surface area (Å²) in [6.45, 7) is 0. The lowest BCUT2D eigenvalue weighted by molar-refractivity contribution is -0.122. The van der Waals surface area contributed by atoms with Gasteiger partial charge < -0.3 is 4.98 Å². The highest BCUT2D eigenvalue weighted by Gasteiger charge is 2.34. The second-order valence-corrected chi connectivity index (χ2v) is 6.12. The number of para-hydroxylation sites is 1. The maximum absolute atomic E-state index is 12.4. The highest BCUT2D eigenvalue weighted by Crippen LogP contribution is 2.37. The molecule has 1 aliphatic heterocycles. The van der Waals surface area contributed by atoms with E-state index in [2.05, 4.69) is 26.2 Å². The van der Waals surface area contributed by atoms with Gasteiger partial charge in [0.15, 0.2) is 0 Å². The fourth-order valence-electron chi connectivity index (χ4n) is 2.91. The molecule has 0 fully saturated rings. The molecule has 0 atom stereocenters. The molecule has 0 unspecified atom stereocenters. The number of carbonyl (C=O) groups excluding carboxylic acids is 2. The van der Waals surface area contributed by atoms with E-state index in [0.29, 0.717) is 16.7 Å². The number of H-pyrrole nitrogens is 1. The first kappa shape index (κ1) is 14.0. The van der Waals surface area contributed by atoms with Crippen molar-refractivity contribution in [2.24, 2.45) is 0 Å². The normalized spacial score (nSPS) is 14.7. The van der Waals surface area contributed by atoms with Crippen LogP contribution in [0.3, 0.4) is 0 Å². The SMILES string of the molecule is O=C1NC(=O)C(c2c[nH]c3ccccc23)=C1c1ccccc1Br. The van der Waals surface area contributed by atoms with Crippen LogP contribution in [0.5, 0.6) is 0 Å². The zero-order valence-electron chi connectivity index (χ0n) is 11.9. The summed E-state index contributed by atoms with van der Waals surface area (Å²) in [5, 5.41) is 3.32. The van der Waals surface area contributed by atoms with Crippen molar-refractivity contribution < 1.29 is 9.59 Å². The van der Waals surface area contributed by atoms with Crippen LogP contribution in [-0.2, 0) is 9.59 Å². The third-order valence-electron chi connectivity index (χ3n) is 3.93. The number of halogens is 1. The van der Waals surface area contributed by atoms with Crippen LogP contribution < -0.4 is 5.32 Å². The van der Waals surface area contributed by atoms with Crippen LogP contribution in [0.15, 0.2) is 59.2 Å². The van der Waals surface area contributed by atoms with Gasteiger partial charge in [-0.15, -0.1) is 0 Å². The Morgan fingerprint density at radius 1 is 0.783 bits per heavy atom. The van der Waals surface area contributed by atoms with Crippen LogP contribution in [-0.4, -0.2) is 16.8 Å². The van der Waals surface area contributed by atoms with Gasteiger partial charge in [0.1, 0.15) is 0 Å². The Morgan fingerprint density at radius 2 is 1.43 bits per heavy atom. The minimum Gasteiger partial charge on any atom is -0.361 e. The first-order chi connectivity index (χ1) is 11.2. The molecule has 112 valence electrons. The van der Waals surface area contributed by atoms with Gasteiger partial charge in [-0.1, -0.05) is 52.3 Å². The summed E-state index contributed by atoms with van der Waals surface area (Å²) in [6, 6.07) is 15.1. The molecule has 2 N–H and O–H groups in total. The molecule has 0 radical (unpaired) electrons. The Labute approximate surface area is 140 Å². The lowest BCUT2D eigenvalue weighted by Gasteiger charge is -2.06. The van der Waals surface area contributed by atoms with Crippen LogP contribution in [0, 0.1) is 0 Å². The monoisotopic (exact) mass is 366 g/mol. The molecule has 0 bridgehead atoms. The number of hydrogen-bond donors (Lipinski definition) is 2. The molecule has 4 nitrogen and oxygen atoms in total. The molecule has 2 amide bonds. The van der Waals surface area contributed by atoms with Gasteiger partial charge in [-0.05, 0) is 12.1 Å². The number of benzene rings is 2. The van der Waals surface area contributed by atoms with Crippen molar-refractivity contribution in [1.82, 2.24) is 10.3 Å². The molecule has 5 heteroatoms. The van der Waals surface area contributed by atoms with Crippen molar-refractivity contribution in [3.63, 3.8) is 0 Å². The van der Waals surface area contributed by atoms with Crippen molar-refractivity contribution in [2.45, 2.75) is 0 Å². The van der Waals surface area contributed by atoms with Crippen molar-refractivity contribution in [2.75, 3.05) is 0 Å². The summed E-state index contributed by atoms with van der Waals surface area (Å²) in [5.74, 6) is -0.743. The average Bonchev–Trinajstić information content (AvgIpc) is 3.08. The van der Waals surface area contributed by atoms with Gasteiger partial charge in [-0.25, -0.2) is 0 Å². The number of imide groups is 1. The number of rotatable bonds is 2. The predicted molar refractivity (Wildman–Crippen MR) is 92.4 cm³/mol. The largest absolute Gasteiger partial charge is 0.361 e. The van der Waals surface area contributed by atoms with Crippen LogP contribution in [0.25, 0.3) is 22.0 Å². The van der Waals surface area contributed by atoms with E-state index in [1.807, 2.05) is 48.5 Å². The van der Waals surface area contributed by atoms with Gasteiger partial charge in [0.05, 0.1) is 11.1 Å². The molecule has 2 aromatic carbocycles. The fraction of sp³-hybridized carbons (Fsp3) is 0. The zero-order chi connectivity index (χ0) is 16.0. The Bertz CT molecular complexity index is 1000. The summed E-state index contributed by atoms with van der Waals surface area (Å²) < 4.78 is 0.775. The van der Waals surface area contributed by atoms with Crippen LogP contribution in [0.2, 0.25) is 0 Å². The molecule has 1 aromatic heterocycles. The molecule has 23 heavy (non-hydrogen) atoms. The van der Waals surface area contributed by atoms with E-state index in [-0.39, 0.29) is 11.8 Å². The second-order valence-electron chi connectivity index (χ2n) is 5.26. The van der Waals surface area contributed by atoms with E-state index < -0.39 is 0 Å². The summed E-state index contributed by atoms with van der Waals surface area (Å²) in [4.78, 5) is 27.9. The van der Waals surface area contributed by atoms with E-state index in [4.69, 9.17) is 0 Å². The Morgan fingerprint density at radius 3 is 2.22 bits per heavy atom. The van der Waals surface area contributed by atoms with Gasteiger partial charge in [-0.2, -0.15) is 0 Å². The van der Waals surface area contributed by atoms with E-state index in [9.17, 15) is 9.59 Å². The third kappa shape index (κ3) is 2.12. The Kier molecular flexibility index (Phi) is 3.16. The number of fused-ring (bicyclic) bond motifs is 1. The summed E-state index contributed by atoms with van der Waals surface area (Å²) in [7, 11) is 0. The van der Waals surface area contributed by atoms with Gasteiger partial charge in [-0.3, -0.25) is 14.9 Å². The highest BCUT2D eigenvalue weighted by molar-refractivity contribution is 9.10. The van der Waals surface area contributed by atoms with E-state index in [1.54, 1.807) is 6.20 Å². The second kappa shape index (κ2) is 5.21. The average molecular weight is 367 g/mol. The van der Waals surface area contributed by atoms with Gasteiger partial charge in [0.25, 0.3) is 11.8 Å². The molecule has 2 heterocycles. The first-order valence-corrected chi connectivity index (χ1v) is 7.87. The topological polar surface area (TPSA) is 62.0 Å². The number of amides is 2. The number of aromatic nitrogens is 1.